The van der Waals surface area contributed by atoms with Crippen molar-refractivity contribution in [3.8, 4) is 0 Å². The second-order valence-electron chi connectivity index (χ2n) is 13.2. The normalized spacial score (nSPS) is 64.6. The number of hydrogen-bond acceptors (Lipinski definition) is 0. The van der Waals surface area contributed by atoms with Gasteiger partial charge in [-0.25, -0.2) is 0 Å². The van der Waals surface area contributed by atoms with Crippen LogP contribution in [-0.4, -0.2) is 0 Å². The van der Waals surface area contributed by atoms with Crippen LogP contribution in [-0.2, 0) is 14.1 Å². The monoisotopic (exact) mass is 421 g/mol. The molecule has 0 heterocycles. The maximum atomic E-state index is 2.74. The molecule has 0 nitrogen and oxygen atoms in total. The SMILES string of the molecule is CC1CC2CC(C)[C]1([Cr]([C]13CC(CC1C)CC3C)[C]13CC(CC1C)CC3C)C2. The zero-order chi connectivity index (χ0) is 19.6. The summed E-state index contributed by atoms with van der Waals surface area (Å²) >= 11 is -0.816. The third-order valence-electron chi connectivity index (χ3n) is 12.1. The minimum atomic E-state index is -0.816. The molecule has 0 spiro atoms. The molecule has 6 atom stereocenters. The van der Waals surface area contributed by atoms with Crippen LogP contribution in [0.1, 0.15) is 99.3 Å². The third-order valence-corrected chi connectivity index (χ3v) is 20.2. The number of rotatable bonds is 3. The van der Waals surface area contributed by atoms with Gasteiger partial charge in [0.15, 0.2) is 0 Å². The molecule has 28 heavy (non-hydrogen) atoms. The Morgan fingerprint density at radius 2 is 0.643 bits per heavy atom. The molecular formula is C27H45Cr. The molecule has 0 aromatic heterocycles. The van der Waals surface area contributed by atoms with Crippen molar-refractivity contribution in [3.05, 3.63) is 0 Å². The molecule has 6 aliphatic rings. The van der Waals surface area contributed by atoms with E-state index in [0.717, 1.165) is 66.1 Å². The first-order valence-corrected chi connectivity index (χ1v) is 14.9. The standard InChI is InChI=1S/3C9H15.Cr/c3*1-6-3-8-4-7(2)9(6)5-8;/h3*6-8H,3-5H2,1-2H3;. The molecule has 6 rings (SSSR count). The average Bonchev–Trinajstić information content (AvgIpc) is 3.38. The van der Waals surface area contributed by atoms with E-state index in [2.05, 4.69) is 41.5 Å². The summed E-state index contributed by atoms with van der Waals surface area (Å²) in [6.07, 6.45) is 14.5. The molecule has 6 fully saturated rings. The Hall–Kier alpha value is 0.532. The fourth-order valence-corrected chi connectivity index (χ4v) is 21.4. The van der Waals surface area contributed by atoms with Crippen LogP contribution in [0.3, 0.4) is 0 Å². The molecule has 0 amide bonds. The first kappa shape index (κ1) is 19.2. The van der Waals surface area contributed by atoms with E-state index in [-0.39, 0.29) is 0 Å². The van der Waals surface area contributed by atoms with Crippen molar-refractivity contribution in [2.75, 3.05) is 0 Å². The predicted octanol–water partition coefficient (Wildman–Crippen LogP) is 8.34. The van der Waals surface area contributed by atoms with Gasteiger partial charge in [0.1, 0.15) is 0 Å². The Morgan fingerprint density at radius 1 is 0.429 bits per heavy atom. The summed E-state index contributed by atoms with van der Waals surface area (Å²) in [5.41, 5.74) is 0. The van der Waals surface area contributed by atoms with Gasteiger partial charge >= 0.3 is 180 Å². The van der Waals surface area contributed by atoms with Gasteiger partial charge in [-0.15, -0.1) is 0 Å². The zero-order valence-corrected chi connectivity index (χ0v) is 20.7. The summed E-state index contributed by atoms with van der Waals surface area (Å²) in [6.45, 7) is 16.5. The van der Waals surface area contributed by atoms with Crippen LogP contribution in [0.4, 0.5) is 0 Å². The van der Waals surface area contributed by atoms with Gasteiger partial charge in [0, 0.05) is 0 Å². The number of fused-ring (bicyclic) bond motifs is 6. The topological polar surface area (TPSA) is 0 Å². The van der Waals surface area contributed by atoms with Gasteiger partial charge in [-0.3, -0.25) is 0 Å². The molecule has 0 radical (unpaired) electrons. The van der Waals surface area contributed by atoms with Crippen LogP contribution in [0, 0.1) is 53.3 Å². The van der Waals surface area contributed by atoms with E-state index in [1.165, 1.54) is 0 Å². The van der Waals surface area contributed by atoms with E-state index in [9.17, 15) is 0 Å². The van der Waals surface area contributed by atoms with Gasteiger partial charge in [0.05, 0.1) is 0 Å². The molecule has 6 saturated carbocycles. The number of hydrogen-bond donors (Lipinski definition) is 0. The van der Waals surface area contributed by atoms with Crippen LogP contribution in [0.5, 0.6) is 0 Å². The molecule has 0 N–H and O–H groups in total. The molecule has 0 aromatic rings. The quantitative estimate of drug-likeness (QED) is 0.429. The average molecular weight is 422 g/mol. The predicted molar refractivity (Wildman–Crippen MR) is 115 cm³/mol. The third kappa shape index (κ3) is 1.98. The van der Waals surface area contributed by atoms with Gasteiger partial charge in [-0.1, -0.05) is 0 Å². The van der Waals surface area contributed by atoms with Gasteiger partial charge < -0.3 is 0 Å². The van der Waals surface area contributed by atoms with Crippen molar-refractivity contribution in [1.29, 1.82) is 0 Å². The summed E-state index contributed by atoms with van der Waals surface area (Å²) in [5, 5.41) is 0. The minimum absolute atomic E-state index is 0.800. The van der Waals surface area contributed by atoms with Crippen molar-refractivity contribution >= 4 is 0 Å². The molecule has 6 aliphatic carbocycles. The van der Waals surface area contributed by atoms with Gasteiger partial charge in [0.2, 0.25) is 0 Å². The molecule has 0 saturated heterocycles. The molecule has 159 valence electrons. The molecular weight excluding hydrogens is 376 g/mol. The summed E-state index contributed by atoms with van der Waals surface area (Å²) < 4.78 is 2.40. The fourth-order valence-electron chi connectivity index (χ4n) is 11.5. The van der Waals surface area contributed by atoms with Gasteiger partial charge in [0.25, 0.3) is 0 Å². The summed E-state index contributed by atoms with van der Waals surface area (Å²) in [5.74, 6) is 9.50. The van der Waals surface area contributed by atoms with Crippen molar-refractivity contribution in [1.82, 2.24) is 0 Å². The first-order valence-electron chi connectivity index (χ1n) is 13.0. The van der Waals surface area contributed by atoms with Gasteiger partial charge in [-0.2, -0.15) is 0 Å². The summed E-state index contributed by atoms with van der Waals surface area (Å²) in [4.78, 5) is 0. The van der Waals surface area contributed by atoms with Crippen molar-refractivity contribution in [2.24, 2.45) is 53.3 Å². The Bertz CT molecular complexity index is 539. The summed E-state index contributed by atoms with van der Waals surface area (Å²) in [7, 11) is 0. The van der Waals surface area contributed by atoms with Crippen molar-refractivity contribution in [2.45, 2.75) is 112 Å². The van der Waals surface area contributed by atoms with Crippen LogP contribution in [0.25, 0.3) is 0 Å². The molecule has 0 aliphatic heterocycles. The van der Waals surface area contributed by atoms with E-state index >= 15 is 0 Å². The zero-order valence-electron chi connectivity index (χ0n) is 19.5. The molecule has 6 unspecified atom stereocenters. The Labute approximate surface area is 179 Å². The van der Waals surface area contributed by atoms with E-state index in [0.29, 0.717) is 0 Å². The van der Waals surface area contributed by atoms with E-state index in [4.69, 9.17) is 0 Å². The Morgan fingerprint density at radius 3 is 0.821 bits per heavy atom. The Balaban J connectivity index is 1.59. The van der Waals surface area contributed by atoms with E-state index < -0.39 is 14.1 Å². The Kier molecular flexibility index (Phi) is 4.02. The van der Waals surface area contributed by atoms with E-state index in [1.807, 2.05) is 0 Å². The van der Waals surface area contributed by atoms with E-state index in [1.54, 1.807) is 57.8 Å². The van der Waals surface area contributed by atoms with Crippen LogP contribution < -0.4 is 0 Å². The van der Waals surface area contributed by atoms with Crippen molar-refractivity contribution in [3.63, 3.8) is 0 Å². The molecule has 6 bridgehead atoms. The second-order valence-corrected chi connectivity index (χ2v) is 17.7. The first-order chi connectivity index (χ1) is 13.2. The summed E-state index contributed by atoms with van der Waals surface area (Å²) in [6, 6.07) is 0. The maximum absolute atomic E-state index is 2.74. The van der Waals surface area contributed by atoms with Crippen LogP contribution in [0.15, 0.2) is 0 Å². The molecule has 0 aromatic carbocycles. The van der Waals surface area contributed by atoms with Crippen molar-refractivity contribution < 1.29 is 14.1 Å². The van der Waals surface area contributed by atoms with Crippen LogP contribution in [0.2, 0.25) is 12.8 Å². The second kappa shape index (κ2) is 5.86. The fraction of sp³-hybridized carbons (Fsp3) is 1.00. The van der Waals surface area contributed by atoms with Gasteiger partial charge in [-0.05, 0) is 0 Å². The van der Waals surface area contributed by atoms with Crippen LogP contribution >= 0.6 is 0 Å². The molecule has 1 heteroatoms.